The van der Waals surface area contributed by atoms with Crippen LogP contribution in [0.4, 0.5) is 0 Å². The number of nitrogens with zero attached hydrogens (tertiary/aromatic N) is 3. The summed E-state index contributed by atoms with van der Waals surface area (Å²) < 4.78 is 9.29. The number of aromatic nitrogens is 3. The Bertz CT molecular complexity index is 3540. The summed E-state index contributed by atoms with van der Waals surface area (Å²) in [7, 11) is 0. The third-order valence-corrected chi connectivity index (χ3v) is 11.3. The van der Waals surface area contributed by atoms with Crippen molar-refractivity contribution >= 4 is 76.1 Å². The van der Waals surface area contributed by atoms with Crippen molar-refractivity contribution in [2.75, 3.05) is 0 Å². The SMILES string of the molecule is c1ccc(-c2cc(-c3cccc4oc5cc(-n6c7ccccc7c7cc8ccccc8cc76)c6ccccc6c5c34)nc(-c3ccc4ccccc4c3)n2)cc1. The van der Waals surface area contributed by atoms with Gasteiger partial charge in [0.05, 0.1) is 28.1 Å². The maximum Gasteiger partial charge on any atom is 0.160 e. The first-order valence-electron chi connectivity index (χ1n) is 19.0. The summed E-state index contributed by atoms with van der Waals surface area (Å²) >= 11 is 0. The summed E-state index contributed by atoms with van der Waals surface area (Å²) in [6, 6.07) is 66.6. The van der Waals surface area contributed by atoms with Crippen LogP contribution in [0.25, 0.3) is 116 Å². The molecule has 0 saturated carbocycles. The minimum Gasteiger partial charge on any atom is -0.456 e. The van der Waals surface area contributed by atoms with Crippen molar-refractivity contribution in [3.05, 3.63) is 188 Å². The molecule has 12 rings (SSSR count). The summed E-state index contributed by atoms with van der Waals surface area (Å²) in [5.41, 5.74) is 9.80. The van der Waals surface area contributed by atoms with Gasteiger partial charge in [-0.25, -0.2) is 9.97 Å². The molecule has 0 bridgehead atoms. The molecule has 0 saturated heterocycles. The Morgan fingerprint density at radius 3 is 1.89 bits per heavy atom. The van der Waals surface area contributed by atoms with Crippen LogP contribution in [0.15, 0.2) is 192 Å². The van der Waals surface area contributed by atoms with Crippen LogP contribution in [0.1, 0.15) is 0 Å². The molecule has 0 unspecified atom stereocenters. The van der Waals surface area contributed by atoms with E-state index in [2.05, 4.69) is 187 Å². The molecule has 9 aromatic carbocycles. The molecule has 4 heteroatoms. The Morgan fingerprint density at radius 2 is 1.05 bits per heavy atom. The first-order valence-corrected chi connectivity index (χ1v) is 19.0. The number of fused-ring (bicyclic) bond motifs is 10. The first kappa shape index (κ1) is 30.9. The van der Waals surface area contributed by atoms with Gasteiger partial charge in [-0.1, -0.05) is 146 Å². The van der Waals surface area contributed by atoms with Gasteiger partial charge in [-0.05, 0) is 63.3 Å². The number of rotatable bonds is 4. The minimum atomic E-state index is 0.683. The first-order chi connectivity index (χ1) is 27.7. The summed E-state index contributed by atoms with van der Waals surface area (Å²) in [5.74, 6) is 0.683. The molecule has 4 nitrogen and oxygen atoms in total. The van der Waals surface area contributed by atoms with Gasteiger partial charge < -0.3 is 8.98 Å². The van der Waals surface area contributed by atoms with Gasteiger partial charge >= 0.3 is 0 Å². The predicted octanol–water partition coefficient (Wildman–Crippen LogP) is 13.9. The fourth-order valence-corrected chi connectivity index (χ4v) is 8.77. The molecule has 56 heavy (non-hydrogen) atoms. The molecule has 12 aromatic rings. The van der Waals surface area contributed by atoms with Crippen LogP contribution in [0.3, 0.4) is 0 Å². The molecule has 0 amide bonds. The molecule has 0 atom stereocenters. The van der Waals surface area contributed by atoms with E-state index in [1.807, 2.05) is 6.07 Å². The summed E-state index contributed by atoms with van der Waals surface area (Å²) in [6.07, 6.45) is 0. The molecular weight excluding hydrogens is 683 g/mol. The van der Waals surface area contributed by atoms with E-state index in [9.17, 15) is 0 Å². The third kappa shape index (κ3) is 4.66. The standard InChI is InChI=1S/C52H31N3O/c1-2-14-33(15-3-1)43-30-44(54-52(53-43)37-26-25-32-13-4-5-16-34(32)27-37)41-22-12-24-48-51(41)50-40-21-9-8-19-38(40)47(31-49(50)56-48)55-45-23-11-10-20-39(45)42-28-35-17-6-7-18-36(35)29-46(42)55/h1-31H. The van der Waals surface area contributed by atoms with Crippen LogP contribution >= 0.6 is 0 Å². The highest BCUT2D eigenvalue weighted by molar-refractivity contribution is 6.25. The van der Waals surface area contributed by atoms with Crippen LogP contribution in [-0.4, -0.2) is 14.5 Å². The average Bonchev–Trinajstić information content (AvgIpc) is 3.80. The molecule has 260 valence electrons. The maximum atomic E-state index is 6.88. The van der Waals surface area contributed by atoms with Crippen molar-refractivity contribution in [1.29, 1.82) is 0 Å². The summed E-state index contributed by atoms with van der Waals surface area (Å²) in [5, 5.41) is 11.6. The zero-order valence-electron chi connectivity index (χ0n) is 30.1. The molecule has 0 radical (unpaired) electrons. The van der Waals surface area contributed by atoms with Crippen molar-refractivity contribution in [2.24, 2.45) is 0 Å². The smallest absolute Gasteiger partial charge is 0.160 e. The van der Waals surface area contributed by atoms with E-state index in [0.717, 1.165) is 77.4 Å². The van der Waals surface area contributed by atoms with Crippen LogP contribution in [0, 0.1) is 0 Å². The lowest BCUT2D eigenvalue weighted by atomic mass is 9.97. The highest BCUT2D eigenvalue weighted by Gasteiger charge is 2.22. The van der Waals surface area contributed by atoms with Crippen molar-refractivity contribution in [1.82, 2.24) is 14.5 Å². The Balaban J connectivity index is 1.14. The highest BCUT2D eigenvalue weighted by Crippen LogP contribution is 2.44. The zero-order valence-corrected chi connectivity index (χ0v) is 30.1. The molecular formula is C52H31N3O. The Kier molecular flexibility index (Phi) is 6.60. The molecule has 0 aliphatic rings. The van der Waals surface area contributed by atoms with E-state index in [4.69, 9.17) is 14.4 Å². The normalized spacial score (nSPS) is 11.9. The molecule has 0 N–H and O–H groups in total. The van der Waals surface area contributed by atoms with Gasteiger partial charge in [0.15, 0.2) is 5.82 Å². The van der Waals surface area contributed by atoms with E-state index >= 15 is 0 Å². The number of para-hydroxylation sites is 1. The second-order valence-electron chi connectivity index (χ2n) is 14.6. The summed E-state index contributed by atoms with van der Waals surface area (Å²) in [6.45, 7) is 0. The van der Waals surface area contributed by atoms with Crippen LogP contribution in [-0.2, 0) is 0 Å². The van der Waals surface area contributed by atoms with Crippen molar-refractivity contribution in [3.63, 3.8) is 0 Å². The van der Waals surface area contributed by atoms with Crippen LogP contribution in [0.2, 0.25) is 0 Å². The monoisotopic (exact) mass is 713 g/mol. The van der Waals surface area contributed by atoms with Gasteiger partial charge in [-0.3, -0.25) is 0 Å². The fourth-order valence-electron chi connectivity index (χ4n) is 8.77. The average molecular weight is 714 g/mol. The Morgan fingerprint density at radius 1 is 0.375 bits per heavy atom. The molecule has 3 heterocycles. The minimum absolute atomic E-state index is 0.683. The van der Waals surface area contributed by atoms with E-state index in [-0.39, 0.29) is 0 Å². The zero-order chi connectivity index (χ0) is 36.7. The van der Waals surface area contributed by atoms with Gasteiger partial charge in [0.2, 0.25) is 0 Å². The van der Waals surface area contributed by atoms with Gasteiger partial charge in [0.1, 0.15) is 11.2 Å². The Labute approximate surface area is 321 Å². The molecule has 0 aliphatic carbocycles. The van der Waals surface area contributed by atoms with Crippen molar-refractivity contribution in [2.45, 2.75) is 0 Å². The van der Waals surface area contributed by atoms with Crippen molar-refractivity contribution < 1.29 is 4.42 Å². The van der Waals surface area contributed by atoms with Crippen molar-refractivity contribution in [3.8, 4) is 39.6 Å². The third-order valence-electron chi connectivity index (χ3n) is 11.3. The van der Waals surface area contributed by atoms with Gasteiger partial charge in [0, 0.05) is 49.7 Å². The predicted molar refractivity (Wildman–Crippen MR) is 232 cm³/mol. The highest BCUT2D eigenvalue weighted by atomic mass is 16.3. The second-order valence-corrected chi connectivity index (χ2v) is 14.6. The topological polar surface area (TPSA) is 43.9 Å². The number of furan rings is 1. The van der Waals surface area contributed by atoms with Crippen LogP contribution < -0.4 is 0 Å². The molecule has 0 spiro atoms. The number of benzene rings is 9. The van der Waals surface area contributed by atoms with E-state index < -0.39 is 0 Å². The lowest BCUT2D eigenvalue weighted by Crippen LogP contribution is -1.97. The fraction of sp³-hybridized carbons (Fsp3) is 0. The number of hydrogen-bond acceptors (Lipinski definition) is 3. The van der Waals surface area contributed by atoms with E-state index in [1.165, 1.54) is 32.4 Å². The van der Waals surface area contributed by atoms with E-state index in [0.29, 0.717) is 5.82 Å². The lowest BCUT2D eigenvalue weighted by Gasteiger charge is -2.13. The molecule has 3 aromatic heterocycles. The second kappa shape index (κ2) is 12.0. The molecule has 0 aliphatic heterocycles. The maximum absolute atomic E-state index is 6.88. The van der Waals surface area contributed by atoms with E-state index in [1.54, 1.807) is 0 Å². The quantitative estimate of drug-likeness (QED) is 0.182. The number of hydrogen-bond donors (Lipinski definition) is 0. The lowest BCUT2D eigenvalue weighted by molar-refractivity contribution is 0.669. The largest absolute Gasteiger partial charge is 0.456 e. The van der Waals surface area contributed by atoms with Gasteiger partial charge in [-0.2, -0.15) is 0 Å². The van der Waals surface area contributed by atoms with Gasteiger partial charge in [-0.15, -0.1) is 0 Å². The molecule has 0 fully saturated rings. The Hall–Kier alpha value is -7.56. The summed E-state index contributed by atoms with van der Waals surface area (Å²) in [4.78, 5) is 10.5. The van der Waals surface area contributed by atoms with Gasteiger partial charge in [0.25, 0.3) is 0 Å². The van der Waals surface area contributed by atoms with Crippen LogP contribution in [0.5, 0.6) is 0 Å².